The topological polar surface area (TPSA) is 49.6 Å². The van der Waals surface area contributed by atoms with E-state index in [0.717, 1.165) is 0 Å². The number of nitrogens with two attached hydrogens (primary N) is 1. The Morgan fingerprint density at radius 3 is 2.47 bits per heavy atom. The highest BCUT2D eigenvalue weighted by atomic mass is 32.1. The number of nitrogens with zero attached hydrogens (tertiary/aromatic N) is 2. The van der Waals surface area contributed by atoms with Crippen molar-refractivity contribution >= 4 is 17.2 Å². The van der Waals surface area contributed by atoms with Gasteiger partial charge in [-0.2, -0.15) is 0 Å². The van der Waals surface area contributed by atoms with Crippen LogP contribution in [0, 0.1) is 6.92 Å². The number of hydrogen-bond acceptors (Lipinski definition) is 4. The fourth-order valence-electron chi connectivity index (χ4n) is 1.61. The van der Waals surface area contributed by atoms with Gasteiger partial charge in [-0.15, -0.1) is 11.3 Å². The summed E-state index contributed by atoms with van der Waals surface area (Å²) in [5, 5.41) is 0. The molecule has 17 heavy (non-hydrogen) atoms. The van der Waals surface area contributed by atoms with Gasteiger partial charge in [0.15, 0.2) is 0 Å². The van der Waals surface area contributed by atoms with Crippen LogP contribution >= 0.6 is 11.3 Å². The number of aryl methyl sites for hydroxylation is 1. The molecule has 1 rings (SSSR count). The third kappa shape index (κ3) is 3.80. The molecule has 96 valence electrons. The van der Waals surface area contributed by atoms with Crippen molar-refractivity contribution in [3.63, 3.8) is 0 Å². The number of carbonyl (C=O) groups excluding carboxylic acids is 1. The van der Waals surface area contributed by atoms with Gasteiger partial charge in [0, 0.05) is 30.4 Å². The summed E-state index contributed by atoms with van der Waals surface area (Å²) >= 11 is 1.74. The maximum Gasteiger partial charge on any atom is 0.236 e. The van der Waals surface area contributed by atoms with Gasteiger partial charge in [-0.3, -0.25) is 9.69 Å². The van der Waals surface area contributed by atoms with Crippen LogP contribution in [0.5, 0.6) is 0 Å². The Hall–Kier alpha value is -0.910. The molecule has 0 fully saturated rings. The Morgan fingerprint density at radius 2 is 2.06 bits per heavy atom. The molecular weight excluding hydrogens is 234 g/mol. The van der Waals surface area contributed by atoms with Crippen molar-refractivity contribution in [3.05, 3.63) is 21.9 Å². The van der Waals surface area contributed by atoms with Crippen molar-refractivity contribution in [1.29, 1.82) is 0 Å². The van der Waals surface area contributed by atoms with Crippen LogP contribution in [0.4, 0.5) is 0 Å². The zero-order valence-corrected chi connectivity index (χ0v) is 11.8. The zero-order valence-electron chi connectivity index (χ0n) is 10.9. The van der Waals surface area contributed by atoms with Crippen molar-refractivity contribution in [2.24, 2.45) is 5.73 Å². The molecule has 1 amide bonds. The first-order valence-electron chi connectivity index (χ1n) is 5.62. The highest BCUT2D eigenvalue weighted by molar-refractivity contribution is 7.12. The maximum atomic E-state index is 11.7. The van der Waals surface area contributed by atoms with E-state index < -0.39 is 0 Å². The Balaban J connectivity index is 2.71. The normalized spacial score (nSPS) is 12.8. The predicted octanol–water partition coefficient (Wildman–Crippen LogP) is 1.08. The van der Waals surface area contributed by atoms with E-state index in [0.29, 0.717) is 13.1 Å². The van der Waals surface area contributed by atoms with Crippen molar-refractivity contribution < 1.29 is 4.79 Å². The van der Waals surface area contributed by atoms with Gasteiger partial charge in [-0.25, -0.2) is 0 Å². The molecule has 0 aliphatic carbocycles. The first kappa shape index (κ1) is 14.2. The fourth-order valence-corrected chi connectivity index (χ4v) is 2.67. The molecule has 0 saturated carbocycles. The number of rotatable bonds is 5. The monoisotopic (exact) mass is 255 g/mol. The molecule has 0 spiro atoms. The second kappa shape index (κ2) is 6.14. The highest BCUT2D eigenvalue weighted by Gasteiger charge is 2.19. The minimum Gasteiger partial charge on any atom is -0.348 e. The lowest BCUT2D eigenvalue weighted by Crippen LogP contribution is -2.38. The van der Waals surface area contributed by atoms with E-state index in [2.05, 4.69) is 19.1 Å². The van der Waals surface area contributed by atoms with Crippen LogP contribution in [-0.2, 0) is 4.79 Å². The number of likely N-dealkylation sites (N-methyl/N-ethyl adjacent to an activating group) is 2. The molecule has 1 atom stereocenters. The number of carbonyl (C=O) groups is 1. The van der Waals surface area contributed by atoms with Crippen LogP contribution in [0.25, 0.3) is 0 Å². The summed E-state index contributed by atoms with van der Waals surface area (Å²) in [5.74, 6) is 0.0965. The van der Waals surface area contributed by atoms with E-state index in [1.165, 1.54) is 9.75 Å². The van der Waals surface area contributed by atoms with Crippen molar-refractivity contribution in [3.8, 4) is 0 Å². The SMILES string of the molecule is Cc1ccc(C(CN)N(C)CC(=O)N(C)C)s1. The maximum absolute atomic E-state index is 11.7. The first-order valence-corrected chi connectivity index (χ1v) is 6.44. The molecule has 0 aromatic carbocycles. The van der Waals surface area contributed by atoms with E-state index in [9.17, 15) is 4.79 Å². The first-order chi connectivity index (χ1) is 7.95. The van der Waals surface area contributed by atoms with E-state index in [-0.39, 0.29) is 11.9 Å². The second-order valence-electron chi connectivity index (χ2n) is 4.40. The van der Waals surface area contributed by atoms with Crippen LogP contribution in [-0.4, -0.2) is 49.9 Å². The van der Waals surface area contributed by atoms with E-state index in [4.69, 9.17) is 5.73 Å². The Kier molecular flexibility index (Phi) is 5.11. The summed E-state index contributed by atoms with van der Waals surface area (Å²) in [6.07, 6.45) is 0. The molecule has 1 aromatic heterocycles. The molecule has 4 nitrogen and oxygen atoms in total. The highest BCUT2D eigenvalue weighted by Crippen LogP contribution is 2.25. The van der Waals surface area contributed by atoms with Gasteiger partial charge < -0.3 is 10.6 Å². The Bertz CT molecular complexity index is 376. The summed E-state index contributed by atoms with van der Waals surface area (Å²) in [7, 11) is 5.47. The summed E-state index contributed by atoms with van der Waals surface area (Å²) in [4.78, 5) is 17.8. The summed E-state index contributed by atoms with van der Waals surface area (Å²) < 4.78 is 0. The Morgan fingerprint density at radius 1 is 1.41 bits per heavy atom. The average molecular weight is 255 g/mol. The van der Waals surface area contributed by atoms with E-state index >= 15 is 0 Å². The van der Waals surface area contributed by atoms with Crippen LogP contribution < -0.4 is 5.73 Å². The third-order valence-corrected chi connectivity index (χ3v) is 3.83. The van der Waals surface area contributed by atoms with Crippen molar-refractivity contribution in [2.45, 2.75) is 13.0 Å². The molecule has 2 N–H and O–H groups in total. The van der Waals surface area contributed by atoms with Gasteiger partial charge in [0.2, 0.25) is 5.91 Å². The molecule has 0 bridgehead atoms. The quantitative estimate of drug-likeness (QED) is 0.856. The van der Waals surface area contributed by atoms with Gasteiger partial charge in [-0.1, -0.05) is 0 Å². The van der Waals surface area contributed by atoms with Crippen LogP contribution in [0.3, 0.4) is 0 Å². The smallest absolute Gasteiger partial charge is 0.236 e. The van der Waals surface area contributed by atoms with Gasteiger partial charge in [-0.05, 0) is 26.1 Å². The fraction of sp³-hybridized carbons (Fsp3) is 0.583. The van der Waals surface area contributed by atoms with Crippen LogP contribution in [0.15, 0.2) is 12.1 Å². The molecule has 0 aliphatic heterocycles. The van der Waals surface area contributed by atoms with Gasteiger partial charge in [0.1, 0.15) is 0 Å². The lowest BCUT2D eigenvalue weighted by atomic mass is 10.2. The standard InChI is InChI=1S/C12H21N3OS/c1-9-5-6-11(17-9)10(7-13)15(4)8-12(16)14(2)3/h5-6,10H,7-8,13H2,1-4H3. The third-order valence-electron chi connectivity index (χ3n) is 2.73. The second-order valence-corrected chi connectivity index (χ2v) is 5.72. The average Bonchev–Trinajstić information content (AvgIpc) is 2.65. The predicted molar refractivity (Wildman–Crippen MR) is 72.2 cm³/mol. The lowest BCUT2D eigenvalue weighted by Gasteiger charge is -2.26. The molecule has 1 unspecified atom stereocenters. The Labute approximate surface area is 107 Å². The van der Waals surface area contributed by atoms with Crippen LogP contribution in [0.1, 0.15) is 15.8 Å². The molecule has 0 radical (unpaired) electrons. The zero-order chi connectivity index (χ0) is 13.0. The number of thiophene rings is 1. The molecule has 1 aromatic rings. The molecule has 0 aliphatic rings. The summed E-state index contributed by atoms with van der Waals surface area (Å²) in [6, 6.07) is 4.30. The van der Waals surface area contributed by atoms with Crippen molar-refractivity contribution in [1.82, 2.24) is 9.80 Å². The molecule has 0 saturated heterocycles. The number of amides is 1. The summed E-state index contributed by atoms with van der Waals surface area (Å²) in [6.45, 7) is 3.00. The largest absolute Gasteiger partial charge is 0.348 e. The number of hydrogen-bond donors (Lipinski definition) is 1. The van der Waals surface area contributed by atoms with Crippen LogP contribution in [0.2, 0.25) is 0 Å². The molecule has 1 heterocycles. The molecular formula is C12H21N3OS. The van der Waals surface area contributed by atoms with Gasteiger partial charge in [0.05, 0.1) is 12.6 Å². The van der Waals surface area contributed by atoms with E-state index in [1.807, 2.05) is 11.9 Å². The van der Waals surface area contributed by atoms with Crippen molar-refractivity contribution in [2.75, 3.05) is 34.2 Å². The van der Waals surface area contributed by atoms with Gasteiger partial charge >= 0.3 is 0 Å². The van der Waals surface area contributed by atoms with E-state index in [1.54, 1.807) is 30.3 Å². The minimum atomic E-state index is 0.0965. The summed E-state index contributed by atoms with van der Waals surface area (Å²) in [5.41, 5.74) is 5.81. The minimum absolute atomic E-state index is 0.0965. The lowest BCUT2D eigenvalue weighted by molar-refractivity contribution is -0.130. The molecule has 5 heteroatoms. The van der Waals surface area contributed by atoms with Gasteiger partial charge in [0.25, 0.3) is 0 Å².